The van der Waals surface area contributed by atoms with Gasteiger partial charge in [-0.15, -0.1) is 0 Å². The molecule has 0 saturated heterocycles. The Balaban J connectivity index is 1.56. The normalized spacial score (nSPS) is 12.8. The van der Waals surface area contributed by atoms with Crippen molar-refractivity contribution in [3.05, 3.63) is 124 Å². The highest BCUT2D eigenvalue weighted by molar-refractivity contribution is 6.51. The lowest BCUT2D eigenvalue weighted by Crippen LogP contribution is -2.33. The maximum Gasteiger partial charge on any atom is 0.340 e. The van der Waals surface area contributed by atoms with Crippen LogP contribution in [0.5, 0.6) is 5.75 Å². The molecule has 58 heavy (non-hydrogen) atoms. The van der Waals surface area contributed by atoms with Crippen LogP contribution in [-0.2, 0) is 16.2 Å². The lowest BCUT2D eigenvalue weighted by atomic mass is 9.89. The number of ketones is 2. The zero-order valence-electron chi connectivity index (χ0n) is 33.4. The summed E-state index contributed by atoms with van der Waals surface area (Å²) in [6.07, 6.45) is 0.191. The maximum absolute atomic E-state index is 14.6. The van der Waals surface area contributed by atoms with E-state index in [2.05, 4.69) is 23.6 Å². The second-order valence-corrected chi connectivity index (χ2v) is 15.0. The van der Waals surface area contributed by atoms with Gasteiger partial charge in [-0.25, -0.2) is 13.6 Å². The SMILES string of the molecule is CCCCC(CC)Cn1c2ccc(C(=O)/C(=N/OC(C)=O)c3cccc(OCC(F)(F)C(F)F)c3)cc2c2cc(C(=O)c3c(C)cc(C)cc3C)c3ccccc3c21. The molecule has 302 valence electrons. The minimum Gasteiger partial charge on any atom is -0.487 e. The summed E-state index contributed by atoms with van der Waals surface area (Å²) in [5, 5.41) is 7.04. The summed E-state index contributed by atoms with van der Waals surface area (Å²) in [5.41, 5.74) is 5.61. The molecule has 1 unspecified atom stereocenters. The number of carbonyl (C=O) groups is 3. The molecule has 0 spiro atoms. The quantitative estimate of drug-likeness (QED) is 0.0320. The van der Waals surface area contributed by atoms with E-state index in [1.807, 2.05) is 69.3 Å². The molecule has 0 aliphatic rings. The molecule has 1 heterocycles. The minimum absolute atomic E-state index is 0.0380. The van der Waals surface area contributed by atoms with Crippen LogP contribution in [0.15, 0.2) is 90.1 Å². The van der Waals surface area contributed by atoms with Crippen LogP contribution in [0.3, 0.4) is 0 Å². The fourth-order valence-electron chi connectivity index (χ4n) is 7.78. The molecule has 6 rings (SSSR count). The van der Waals surface area contributed by atoms with Gasteiger partial charge in [-0.2, -0.15) is 8.78 Å². The van der Waals surface area contributed by atoms with Crippen LogP contribution in [0, 0.1) is 26.7 Å². The van der Waals surface area contributed by atoms with Crippen molar-refractivity contribution in [1.29, 1.82) is 0 Å². The van der Waals surface area contributed by atoms with Gasteiger partial charge in [0.25, 0.3) is 0 Å². The Morgan fingerprint density at radius 2 is 1.52 bits per heavy atom. The van der Waals surface area contributed by atoms with Gasteiger partial charge < -0.3 is 14.1 Å². The van der Waals surface area contributed by atoms with Crippen molar-refractivity contribution in [1.82, 2.24) is 4.57 Å². The average Bonchev–Trinajstić information content (AvgIpc) is 3.50. The number of aryl methyl sites for hydroxylation is 3. The first-order chi connectivity index (χ1) is 27.6. The number of unbranched alkanes of at least 4 members (excludes halogenated alkanes) is 1. The Hall–Kier alpha value is -5.84. The third-order valence-electron chi connectivity index (χ3n) is 10.6. The molecule has 1 aromatic heterocycles. The van der Waals surface area contributed by atoms with Crippen LogP contribution in [0.25, 0.3) is 32.6 Å². The molecule has 0 amide bonds. The number of alkyl halides is 4. The zero-order valence-corrected chi connectivity index (χ0v) is 33.4. The van der Waals surface area contributed by atoms with Crippen LogP contribution < -0.4 is 4.74 Å². The van der Waals surface area contributed by atoms with Crippen LogP contribution in [0.1, 0.15) is 95.0 Å². The van der Waals surface area contributed by atoms with Crippen molar-refractivity contribution >= 4 is 55.8 Å². The lowest BCUT2D eigenvalue weighted by molar-refractivity contribution is -0.148. The third kappa shape index (κ3) is 8.54. The van der Waals surface area contributed by atoms with Crippen LogP contribution in [0.4, 0.5) is 17.6 Å². The second-order valence-electron chi connectivity index (χ2n) is 15.0. The largest absolute Gasteiger partial charge is 0.487 e. The van der Waals surface area contributed by atoms with Crippen LogP contribution in [-0.4, -0.2) is 46.8 Å². The summed E-state index contributed by atoms with van der Waals surface area (Å²) in [4.78, 5) is 45.9. The first kappa shape index (κ1) is 41.8. The molecule has 1 atom stereocenters. The first-order valence-electron chi connectivity index (χ1n) is 19.4. The van der Waals surface area contributed by atoms with Crippen molar-refractivity contribution in [2.24, 2.45) is 11.1 Å². The number of oxime groups is 1. The molecule has 11 heteroatoms. The number of nitrogens with zero attached hydrogens (tertiary/aromatic N) is 2. The summed E-state index contributed by atoms with van der Waals surface area (Å²) < 4.78 is 60.3. The summed E-state index contributed by atoms with van der Waals surface area (Å²) in [5.74, 6) is -5.87. The average molecular weight is 795 g/mol. The molecule has 0 N–H and O–H groups in total. The number of hydrogen-bond donors (Lipinski definition) is 0. The van der Waals surface area contributed by atoms with Crippen LogP contribution >= 0.6 is 0 Å². The number of benzene rings is 5. The molecule has 0 aliphatic heterocycles. The molecule has 5 aromatic carbocycles. The van der Waals surface area contributed by atoms with Crippen molar-refractivity contribution < 1.29 is 41.5 Å². The predicted octanol–water partition coefficient (Wildman–Crippen LogP) is 11.7. The fraction of sp³-hybridized carbons (Fsp3) is 0.319. The van der Waals surface area contributed by atoms with Crippen LogP contribution in [0.2, 0.25) is 0 Å². The van der Waals surface area contributed by atoms with E-state index in [9.17, 15) is 31.9 Å². The molecular weight excluding hydrogens is 749 g/mol. The van der Waals surface area contributed by atoms with E-state index in [4.69, 9.17) is 9.57 Å². The molecule has 0 saturated carbocycles. The van der Waals surface area contributed by atoms with Crippen molar-refractivity contribution in [3.8, 4) is 5.75 Å². The monoisotopic (exact) mass is 794 g/mol. The standard InChI is InChI=1S/C47H46F4N2O5/c1-7-9-13-31(8-2)25-53-40-19-18-33(44(55)42(52-58-30(6)54)32-14-12-15-34(22-32)57-26-47(50,51)46(48)49)23-37(40)38-24-39(35-16-10-11-17-36(35)43(38)53)45(56)41-28(4)20-27(3)21-29(41)5/h10-12,14-24,31,46H,7-9,13,25-26H2,1-6H3/b52-42+. The predicted molar refractivity (Wildman–Crippen MR) is 220 cm³/mol. The number of rotatable bonds is 16. The van der Waals surface area contributed by atoms with Gasteiger partial charge in [0.15, 0.2) is 18.1 Å². The Bertz CT molecular complexity index is 2550. The Morgan fingerprint density at radius 3 is 2.17 bits per heavy atom. The molecule has 0 aliphatic carbocycles. The van der Waals surface area contributed by atoms with Gasteiger partial charge in [0, 0.05) is 57.4 Å². The van der Waals surface area contributed by atoms with E-state index in [0.29, 0.717) is 29.0 Å². The van der Waals surface area contributed by atoms with Crippen molar-refractivity contribution in [3.63, 3.8) is 0 Å². The summed E-state index contributed by atoms with van der Waals surface area (Å²) in [7, 11) is 0. The molecule has 0 fully saturated rings. The lowest BCUT2D eigenvalue weighted by Gasteiger charge is -2.19. The van der Waals surface area contributed by atoms with E-state index >= 15 is 0 Å². The molecule has 6 aromatic rings. The zero-order chi connectivity index (χ0) is 41.9. The number of hydrogen-bond acceptors (Lipinski definition) is 6. The molecule has 0 radical (unpaired) electrons. The maximum atomic E-state index is 14.6. The van der Waals surface area contributed by atoms with Gasteiger partial charge in [-0.05, 0) is 86.0 Å². The van der Waals surface area contributed by atoms with Gasteiger partial charge >= 0.3 is 18.3 Å². The van der Waals surface area contributed by atoms with Crippen molar-refractivity contribution in [2.45, 2.75) is 86.1 Å². The van der Waals surface area contributed by atoms with Gasteiger partial charge in [0.05, 0.1) is 5.52 Å². The van der Waals surface area contributed by atoms with E-state index in [-0.39, 0.29) is 28.4 Å². The molecule has 0 bridgehead atoms. The number of Topliss-reactive ketones (excluding diaryl/α,β-unsaturated/α-hetero) is 1. The fourth-order valence-corrected chi connectivity index (χ4v) is 7.78. The Morgan fingerprint density at radius 1 is 0.810 bits per heavy atom. The summed E-state index contributed by atoms with van der Waals surface area (Å²) in [6, 6.07) is 24.3. The highest BCUT2D eigenvalue weighted by Gasteiger charge is 2.41. The van der Waals surface area contributed by atoms with E-state index < -0.39 is 30.7 Å². The summed E-state index contributed by atoms with van der Waals surface area (Å²) in [6.45, 7) is 10.4. The van der Waals surface area contributed by atoms with E-state index in [1.54, 1.807) is 12.1 Å². The number of aromatic nitrogens is 1. The summed E-state index contributed by atoms with van der Waals surface area (Å²) >= 11 is 0. The number of halogens is 4. The van der Waals surface area contributed by atoms with Gasteiger partial charge in [-0.3, -0.25) is 9.59 Å². The first-order valence-corrected chi connectivity index (χ1v) is 19.4. The number of fused-ring (bicyclic) bond motifs is 5. The minimum atomic E-state index is -4.41. The molecular formula is C47H46F4N2O5. The van der Waals surface area contributed by atoms with Crippen molar-refractivity contribution in [2.75, 3.05) is 6.61 Å². The van der Waals surface area contributed by atoms with E-state index in [1.165, 1.54) is 24.3 Å². The smallest absolute Gasteiger partial charge is 0.340 e. The molecule has 7 nitrogen and oxygen atoms in total. The topological polar surface area (TPSA) is 87.0 Å². The highest BCUT2D eigenvalue weighted by Crippen LogP contribution is 2.39. The second kappa shape index (κ2) is 17.3. The number of carbonyl (C=O) groups excluding carboxylic acids is 3. The Labute approximate surface area is 334 Å². The third-order valence-corrected chi connectivity index (χ3v) is 10.6. The van der Waals surface area contributed by atoms with E-state index in [0.717, 1.165) is 76.5 Å². The van der Waals surface area contributed by atoms with Gasteiger partial charge in [0.1, 0.15) is 5.75 Å². The highest BCUT2D eigenvalue weighted by atomic mass is 19.3. The number of ether oxygens (including phenoxy) is 1. The van der Waals surface area contributed by atoms with Gasteiger partial charge in [0.2, 0.25) is 5.78 Å². The van der Waals surface area contributed by atoms with Gasteiger partial charge in [-0.1, -0.05) is 92.4 Å². The Kier molecular flexibility index (Phi) is 12.5.